The lowest BCUT2D eigenvalue weighted by Crippen LogP contribution is -2.05. The van der Waals surface area contributed by atoms with E-state index in [-0.39, 0.29) is 5.82 Å². The quantitative estimate of drug-likeness (QED) is 0.877. The summed E-state index contributed by atoms with van der Waals surface area (Å²) in [7, 11) is 0. The molecule has 3 rings (SSSR count). The van der Waals surface area contributed by atoms with E-state index in [2.05, 4.69) is 10.3 Å². The highest BCUT2D eigenvalue weighted by Crippen LogP contribution is 2.31. The molecule has 20 heavy (non-hydrogen) atoms. The third-order valence-electron chi connectivity index (χ3n) is 3.14. The van der Waals surface area contributed by atoms with Crippen molar-refractivity contribution in [3.8, 4) is 5.88 Å². The molecule has 3 N–H and O–H groups in total. The van der Waals surface area contributed by atoms with Crippen LogP contribution in [0.3, 0.4) is 0 Å². The number of hydrogen-bond donors (Lipinski definition) is 2. The largest absolute Gasteiger partial charge is 0.476 e. The highest BCUT2D eigenvalue weighted by atomic mass is 19.1. The number of hydrogen-bond acceptors (Lipinski definition) is 4. The van der Waals surface area contributed by atoms with Gasteiger partial charge in [0.1, 0.15) is 11.6 Å². The van der Waals surface area contributed by atoms with Crippen molar-refractivity contribution >= 4 is 17.2 Å². The van der Waals surface area contributed by atoms with E-state index in [0.29, 0.717) is 35.6 Å². The molecule has 1 aromatic heterocycles. The van der Waals surface area contributed by atoms with Crippen molar-refractivity contribution in [2.75, 3.05) is 17.7 Å². The van der Waals surface area contributed by atoms with Gasteiger partial charge in [0, 0.05) is 5.69 Å². The molecule has 1 fully saturated rings. The Morgan fingerprint density at radius 2 is 2.15 bits per heavy atom. The molecule has 1 aromatic carbocycles. The second kappa shape index (κ2) is 5.36. The molecule has 0 spiro atoms. The molecule has 0 saturated heterocycles. The van der Waals surface area contributed by atoms with E-state index >= 15 is 0 Å². The van der Waals surface area contributed by atoms with Gasteiger partial charge in [-0.2, -0.15) is 4.98 Å². The van der Waals surface area contributed by atoms with E-state index in [1.165, 1.54) is 25.0 Å². The normalized spacial score (nSPS) is 14.1. The SMILES string of the molecule is Nc1ccc(Nc2cccc(F)c2)nc1OCC1CC1. The maximum Gasteiger partial charge on any atom is 0.239 e. The predicted octanol–water partition coefficient (Wildman–Crippen LogP) is 3.34. The topological polar surface area (TPSA) is 60.2 Å². The molecule has 0 amide bonds. The van der Waals surface area contributed by atoms with Crippen molar-refractivity contribution in [2.45, 2.75) is 12.8 Å². The maximum atomic E-state index is 13.1. The van der Waals surface area contributed by atoms with E-state index in [9.17, 15) is 4.39 Å². The number of ether oxygens (including phenoxy) is 1. The number of pyridine rings is 1. The standard InChI is InChI=1S/C15H16FN3O/c16-11-2-1-3-12(8-11)18-14-7-6-13(17)15(19-14)20-9-10-4-5-10/h1-3,6-8,10H,4-5,9,17H2,(H,18,19). The van der Waals surface area contributed by atoms with E-state index in [4.69, 9.17) is 10.5 Å². The number of rotatable bonds is 5. The van der Waals surface area contributed by atoms with Gasteiger partial charge < -0.3 is 15.8 Å². The summed E-state index contributed by atoms with van der Waals surface area (Å²) < 4.78 is 18.7. The van der Waals surface area contributed by atoms with E-state index < -0.39 is 0 Å². The number of anilines is 3. The van der Waals surface area contributed by atoms with Crippen LogP contribution in [-0.4, -0.2) is 11.6 Å². The highest BCUT2D eigenvalue weighted by Gasteiger charge is 2.22. The maximum absolute atomic E-state index is 13.1. The summed E-state index contributed by atoms with van der Waals surface area (Å²) in [5, 5.41) is 3.03. The second-order valence-electron chi connectivity index (χ2n) is 4.98. The first-order chi connectivity index (χ1) is 9.70. The lowest BCUT2D eigenvalue weighted by atomic mass is 10.3. The van der Waals surface area contributed by atoms with Gasteiger partial charge in [-0.05, 0) is 49.1 Å². The van der Waals surface area contributed by atoms with Crippen LogP contribution < -0.4 is 15.8 Å². The fraction of sp³-hybridized carbons (Fsp3) is 0.267. The average Bonchev–Trinajstić information content (AvgIpc) is 3.23. The zero-order valence-electron chi connectivity index (χ0n) is 11.0. The van der Waals surface area contributed by atoms with Gasteiger partial charge >= 0.3 is 0 Å². The molecule has 0 radical (unpaired) electrons. The molecule has 0 atom stereocenters. The Bertz CT molecular complexity index is 614. The van der Waals surface area contributed by atoms with Crippen LogP contribution >= 0.6 is 0 Å². The fourth-order valence-electron chi connectivity index (χ4n) is 1.83. The zero-order valence-corrected chi connectivity index (χ0v) is 11.0. The molecule has 5 heteroatoms. The zero-order chi connectivity index (χ0) is 13.9. The predicted molar refractivity (Wildman–Crippen MR) is 76.6 cm³/mol. The summed E-state index contributed by atoms with van der Waals surface area (Å²) in [6.07, 6.45) is 2.42. The van der Waals surface area contributed by atoms with Gasteiger partial charge in [-0.3, -0.25) is 0 Å². The van der Waals surface area contributed by atoms with Crippen molar-refractivity contribution < 1.29 is 9.13 Å². The summed E-state index contributed by atoms with van der Waals surface area (Å²) in [5.41, 5.74) is 6.98. The number of aromatic nitrogens is 1. The van der Waals surface area contributed by atoms with E-state index in [1.807, 2.05) is 0 Å². The van der Waals surface area contributed by atoms with E-state index in [1.54, 1.807) is 24.3 Å². The first-order valence-corrected chi connectivity index (χ1v) is 6.62. The molecule has 1 heterocycles. The Hall–Kier alpha value is -2.30. The van der Waals surface area contributed by atoms with Gasteiger partial charge in [0.15, 0.2) is 0 Å². The molecule has 0 aliphatic heterocycles. The summed E-state index contributed by atoms with van der Waals surface area (Å²) in [4.78, 5) is 4.32. The number of nitrogens with one attached hydrogen (secondary N) is 1. The van der Waals surface area contributed by atoms with Crippen LogP contribution in [0.1, 0.15) is 12.8 Å². The Balaban J connectivity index is 1.73. The Labute approximate surface area is 116 Å². The molecule has 2 aromatic rings. The van der Waals surface area contributed by atoms with Gasteiger partial charge in [0.2, 0.25) is 5.88 Å². The van der Waals surface area contributed by atoms with Crippen LogP contribution in [0.5, 0.6) is 5.88 Å². The van der Waals surface area contributed by atoms with Crippen LogP contribution in [0.4, 0.5) is 21.6 Å². The van der Waals surface area contributed by atoms with Crippen molar-refractivity contribution in [1.82, 2.24) is 4.98 Å². The molecule has 104 valence electrons. The minimum Gasteiger partial charge on any atom is -0.476 e. The molecule has 0 bridgehead atoms. The van der Waals surface area contributed by atoms with Crippen LogP contribution in [0.2, 0.25) is 0 Å². The molecule has 1 aliphatic carbocycles. The van der Waals surface area contributed by atoms with Crippen molar-refractivity contribution in [3.05, 3.63) is 42.2 Å². The Morgan fingerprint density at radius 1 is 1.30 bits per heavy atom. The Kier molecular flexibility index (Phi) is 3.41. The number of benzene rings is 1. The van der Waals surface area contributed by atoms with Crippen LogP contribution in [-0.2, 0) is 0 Å². The summed E-state index contributed by atoms with van der Waals surface area (Å²) in [6, 6.07) is 9.68. The fourth-order valence-corrected chi connectivity index (χ4v) is 1.83. The monoisotopic (exact) mass is 273 g/mol. The third kappa shape index (κ3) is 3.17. The lowest BCUT2D eigenvalue weighted by Gasteiger charge is -2.10. The number of nitrogens with two attached hydrogens (primary N) is 1. The van der Waals surface area contributed by atoms with Gasteiger partial charge in [-0.15, -0.1) is 0 Å². The van der Waals surface area contributed by atoms with Crippen molar-refractivity contribution in [3.63, 3.8) is 0 Å². The van der Waals surface area contributed by atoms with Crippen LogP contribution in [0.15, 0.2) is 36.4 Å². The number of halogens is 1. The average molecular weight is 273 g/mol. The van der Waals surface area contributed by atoms with Crippen molar-refractivity contribution in [1.29, 1.82) is 0 Å². The summed E-state index contributed by atoms with van der Waals surface area (Å²) in [6.45, 7) is 0.653. The molecule has 1 saturated carbocycles. The Morgan fingerprint density at radius 3 is 2.90 bits per heavy atom. The van der Waals surface area contributed by atoms with Gasteiger partial charge in [-0.1, -0.05) is 6.07 Å². The summed E-state index contributed by atoms with van der Waals surface area (Å²) >= 11 is 0. The van der Waals surface area contributed by atoms with Crippen LogP contribution in [0.25, 0.3) is 0 Å². The smallest absolute Gasteiger partial charge is 0.239 e. The molecule has 0 unspecified atom stereocenters. The molecular formula is C15H16FN3O. The van der Waals surface area contributed by atoms with Gasteiger partial charge in [-0.25, -0.2) is 4.39 Å². The third-order valence-corrected chi connectivity index (χ3v) is 3.14. The molecule has 4 nitrogen and oxygen atoms in total. The number of nitrogens with zero attached hydrogens (tertiary/aromatic N) is 1. The first-order valence-electron chi connectivity index (χ1n) is 6.62. The molecule has 1 aliphatic rings. The minimum atomic E-state index is -0.296. The second-order valence-corrected chi connectivity index (χ2v) is 4.98. The summed E-state index contributed by atoms with van der Waals surface area (Å²) in [5.74, 6) is 1.35. The van der Waals surface area contributed by atoms with Crippen molar-refractivity contribution in [2.24, 2.45) is 5.92 Å². The first kappa shape index (κ1) is 12.7. The molecular weight excluding hydrogens is 257 g/mol. The van der Waals surface area contributed by atoms with Gasteiger partial charge in [0.25, 0.3) is 0 Å². The van der Waals surface area contributed by atoms with Crippen LogP contribution in [0, 0.1) is 11.7 Å². The number of nitrogen functional groups attached to an aromatic ring is 1. The minimum absolute atomic E-state index is 0.296. The highest BCUT2D eigenvalue weighted by molar-refractivity contribution is 5.60. The van der Waals surface area contributed by atoms with Gasteiger partial charge in [0.05, 0.1) is 12.3 Å². The van der Waals surface area contributed by atoms with E-state index in [0.717, 1.165) is 0 Å². The lowest BCUT2D eigenvalue weighted by molar-refractivity contribution is 0.290.